The minimum absolute atomic E-state index is 0.0222. The molecule has 2 saturated heterocycles. The van der Waals surface area contributed by atoms with E-state index >= 15 is 0 Å². The summed E-state index contributed by atoms with van der Waals surface area (Å²) in [4.78, 5) is 35.4. The fourth-order valence-corrected chi connectivity index (χ4v) is 6.02. The van der Waals surface area contributed by atoms with Crippen LogP contribution in [0.2, 0.25) is 5.02 Å². The van der Waals surface area contributed by atoms with E-state index in [4.69, 9.17) is 21.1 Å². The second-order valence-corrected chi connectivity index (χ2v) is 10.8. The topological polar surface area (TPSA) is 113 Å². The molecule has 0 saturated carbocycles. The number of carboxylic acids is 1. The third kappa shape index (κ3) is 5.15. The molecule has 3 aliphatic heterocycles. The molecule has 2 fully saturated rings. The zero-order chi connectivity index (χ0) is 27.8. The van der Waals surface area contributed by atoms with Crippen LogP contribution in [-0.2, 0) is 19.1 Å². The van der Waals surface area contributed by atoms with Gasteiger partial charge in [0.1, 0.15) is 6.04 Å². The summed E-state index contributed by atoms with van der Waals surface area (Å²) in [5, 5.41) is 14.2. The van der Waals surface area contributed by atoms with Crippen LogP contribution in [0.5, 0.6) is 0 Å². The number of aliphatic carboxylic acids is 1. The Kier molecular flexibility index (Phi) is 7.70. The molecule has 39 heavy (non-hydrogen) atoms. The molecule has 2 N–H and O–H groups in total. The Bertz CT molecular complexity index is 1400. The molecular formula is C26H25ClF2N4O5S. The number of nitrogens with one attached hydrogen (secondary N) is 1. The first-order valence-electron chi connectivity index (χ1n) is 12.2. The predicted octanol–water partition coefficient (Wildman–Crippen LogP) is 3.92. The second kappa shape index (κ2) is 11.0. The lowest BCUT2D eigenvalue weighted by molar-refractivity contribution is -0.138. The number of hydrogen-bond donors (Lipinski definition) is 2. The smallest absolute Gasteiger partial charge is 0.338 e. The van der Waals surface area contributed by atoms with Crippen molar-refractivity contribution in [2.24, 2.45) is 16.8 Å². The maximum atomic E-state index is 14.5. The van der Waals surface area contributed by atoms with Crippen molar-refractivity contribution in [2.75, 3.05) is 26.9 Å². The molecule has 3 unspecified atom stereocenters. The zero-order valence-corrected chi connectivity index (χ0v) is 22.6. The van der Waals surface area contributed by atoms with Crippen LogP contribution in [-0.4, -0.2) is 65.7 Å². The first-order valence-corrected chi connectivity index (χ1v) is 13.4. The van der Waals surface area contributed by atoms with Gasteiger partial charge in [-0.3, -0.25) is 9.79 Å². The van der Waals surface area contributed by atoms with Crippen LogP contribution in [0.3, 0.4) is 0 Å². The maximum Gasteiger partial charge on any atom is 0.338 e. The molecule has 3 aliphatic rings. The molecular weight excluding hydrogens is 554 g/mol. The second-order valence-electron chi connectivity index (χ2n) is 9.50. The number of aromatic nitrogens is 1. The number of carbonyl (C=O) groups excluding carboxylic acids is 1. The number of esters is 1. The van der Waals surface area contributed by atoms with E-state index in [1.54, 1.807) is 11.6 Å². The molecule has 0 bridgehead atoms. The van der Waals surface area contributed by atoms with Crippen molar-refractivity contribution in [2.45, 2.75) is 25.4 Å². The highest BCUT2D eigenvalue weighted by atomic mass is 35.5. The van der Waals surface area contributed by atoms with E-state index in [1.165, 1.54) is 24.5 Å². The average Bonchev–Trinajstić information content (AvgIpc) is 3.59. The number of allylic oxidation sites excluding steroid dienone is 1. The van der Waals surface area contributed by atoms with Crippen molar-refractivity contribution < 1.29 is 33.0 Å². The van der Waals surface area contributed by atoms with E-state index in [2.05, 4.69) is 20.2 Å². The first-order chi connectivity index (χ1) is 18.7. The number of thiazole rings is 1. The number of methoxy groups -OCH3 is 1. The Morgan fingerprint density at radius 3 is 2.87 bits per heavy atom. The molecule has 5 rings (SSSR count). The van der Waals surface area contributed by atoms with E-state index in [-0.39, 0.29) is 42.0 Å². The Balaban J connectivity index is 1.59. The lowest BCUT2D eigenvalue weighted by atomic mass is 9.84. The number of aliphatic imine (C=N–C) groups is 1. The van der Waals surface area contributed by atoms with Gasteiger partial charge in [-0.2, -0.15) is 0 Å². The minimum atomic E-state index is -1.24. The van der Waals surface area contributed by atoms with Crippen LogP contribution in [0.25, 0.3) is 0 Å². The standard InChI is InChI=1S/C26H25ClF2N4O5S/c1-12(8-19(34)35)7-17-14-10-38-11-18(14)33(17)9-16-20(26(36)37-2)23(13-3-4-15(28)22(29)21(13)27)32-24(31-16)25-30-5-6-39-25/h3-7,12,14,18,23H,8-11H2,1-2H3,(H,31,32)(H,34,35)/b17-7+/t12?,14?,18?,23-/m0/s1. The van der Waals surface area contributed by atoms with E-state index in [0.29, 0.717) is 29.8 Å². The monoisotopic (exact) mass is 578 g/mol. The fourth-order valence-electron chi connectivity index (χ4n) is 5.18. The van der Waals surface area contributed by atoms with Crippen molar-refractivity contribution in [3.63, 3.8) is 0 Å². The summed E-state index contributed by atoms with van der Waals surface area (Å²) < 4.78 is 39.2. The van der Waals surface area contributed by atoms with Gasteiger partial charge in [0.2, 0.25) is 0 Å². The van der Waals surface area contributed by atoms with Crippen molar-refractivity contribution in [3.8, 4) is 0 Å². The lowest BCUT2D eigenvalue weighted by Crippen LogP contribution is -2.55. The summed E-state index contributed by atoms with van der Waals surface area (Å²) in [7, 11) is 1.22. The Labute approximate surface area is 231 Å². The summed E-state index contributed by atoms with van der Waals surface area (Å²) in [6, 6.07) is 1.15. The molecule has 4 atom stereocenters. The molecule has 1 aromatic heterocycles. The number of hydrogen-bond acceptors (Lipinski definition) is 9. The lowest BCUT2D eigenvalue weighted by Gasteiger charge is -2.49. The van der Waals surface area contributed by atoms with Gasteiger partial charge in [0.05, 0.1) is 49.9 Å². The zero-order valence-electron chi connectivity index (χ0n) is 21.0. The van der Waals surface area contributed by atoms with Crippen LogP contribution in [0, 0.1) is 23.5 Å². The van der Waals surface area contributed by atoms with E-state index in [9.17, 15) is 23.5 Å². The molecule has 0 amide bonds. The Hall–Kier alpha value is -3.35. The normalized spacial score (nSPS) is 24.1. The van der Waals surface area contributed by atoms with Gasteiger partial charge in [-0.05, 0) is 12.0 Å². The predicted molar refractivity (Wildman–Crippen MR) is 139 cm³/mol. The molecule has 4 heterocycles. The quantitative estimate of drug-likeness (QED) is 0.358. The summed E-state index contributed by atoms with van der Waals surface area (Å²) in [6.45, 7) is 3.02. The van der Waals surface area contributed by atoms with E-state index in [0.717, 1.165) is 11.8 Å². The highest BCUT2D eigenvalue weighted by Gasteiger charge is 2.48. The van der Waals surface area contributed by atoms with Gasteiger partial charge in [-0.15, -0.1) is 11.3 Å². The number of fused-ring (bicyclic) bond motifs is 1. The van der Waals surface area contributed by atoms with Crippen LogP contribution in [0.4, 0.5) is 8.78 Å². The molecule has 206 valence electrons. The number of amidine groups is 1. The van der Waals surface area contributed by atoms with Crippen molar-refractivity contribution >= 4 is 40.7 Å². The number of likely N-dealkylation sites (tertiary alicyclic amines) is 1. The van der Waals surface area contributed by atoms with Crippen molar-refractivity contribution in [1.82, 2.24) is 15.2 Å². The van der Waals surface area contributed by atoms with Crippen LogP contribution in [0.15, 0.2) is 51.7 Å². The highest BCUT2D eigenvalue weighted by molar-refractivity contribution is 7.11. The highest BCUT2D eigenvalue weighted by Crippen LogP contribution is 2.44. The van der Waals surface area contributed by atoms with Gasteiger partial charge in [-0.25, -0.2) is 18.6 Å². The summed E-state index contributed by atoms with van der Waals surface area (Å²) in [5.74, 6) is -3.76. The van der Waals surface area contributed by atoms with Gasteiger partial charge >= 0.3 is 11.9 Å². The summed E-state index contributed by atoms with van der Waals surface area (Å²) in [6.07, 6.45) is 3.50. The molecule has 13 heteroatoms. The molecule has 2 aromatic rings. The Morgan fingerprint density at radius 1 is 1.38 bits per heavy atom. The molecule has 1 aromatic carbocycles. The van der Waals surface area contributed by atoms with Crippen molar-refractivity contribution in [3.05, 3.63) is 74.0 Å². The van der Waals surface area contributed by atoms with E-state index < -0.39 is 34.6 Å². The molecule has 0 spiro atoms. The average molecular weight is 579 g/mol. The van der Waals surface area contributed by atoms with Gasteiger partial charge in [0.25, 0.3) is 0 Å². The summed E-state index contributed by atoms with van der Waals surface area (Å²) in [5.41, 5.74) is 1.53. The molecule has 0 radical (unpaired) electrons. The third-order valence-corrected chi connectivity index (χ3v) is 8.13. The number of carbonyl (C=O) groups is 2. The summed E-state index contributed by atoms with van der Waals surface area (Å²) >= 11 is 7.54. The Morgan fingerprint density at radius 2 is 2.18 bits per heavy atom. The third-order valence-electron chi connectivity index (χ3n) is 6.97. The van der Waals surface area contributed by atoms with Crippen LogP contribution in [0.1, 0.15) is 30.0 Å². The van der Waals surface area contributed by atoms with E-state index in [1.807, 2.05) is 13.0 Å². The van der Waals surface area contributed by atoms with Gasteiger partial charge < -0.3 is 24.8 Å². The maximum absolute atomic E-state index is 14.5. The SMILES string of the molecule is COC(=O)C1=C(CN2/C(=C/C(C)CC(=O)O)C3COCC32)NC(c2nccs2)=N[C@H]1c1ccc(F)c(F)c1Cl. The van der Waals surface area contributed by atoms with Gasteiger partial charge in [0.15, 0.2) is 22.5 Å². The number of carboxylic acid groups (broad SMARTS) is 1. The number of halogens is 3. The fraction of sp³-hybridized carbons (Fsp3) is 0.385. The number of ether oxygens (including phenoxy) is 2. The minimum Gasteiger partial charge on any atom is -0.481 e. The first kappa shape index (κ1) is 27.2. The van der Waals surface area contributed by atoms with Crippen molar-refractivity contribution in [1.29, 1.82) is 0 Å². The number of nitrogens with zero attached hydrogens (tertiary/aromatic N) is 3. The molecule has 0 aliphatic carbocycles. The van der Waals surface area contributed by atoms with Gasteiger partial charge in [-0.1, -0.05) is 30.7 Å². The van der Waals surface area contributed by atoms with Gasteiger partial charge in [0, 0.05) is 34.5 Å². The van der Waals surface area contributed by atoms with Crippen LogP contribution >= 0.6 is 22.9 Å². The van der Waals surface area contributed by atoms with Crippen LogP contribution < -0.4 is 5.32 Å². The number of rotatable bonds is 8. The number of benzene rings is 1. The largest absolute Gasteiger partial charge is 0.481 e. The molecule has 9 nitrogen and oxygen atoms in total.